The molecule has 0 radical (unpaired) electrons. The Balaban J connectivity index is 2.01. The standard InChI is InChI=1S/C14H17N3O2/c1-17(2)14-15-13(19-16-14)11-7-3-6-10-9(11)5-4-8-12(10)18/h4-5,8,11,18H,3,6-7H2,1-2H3. The zero-order valence-electron chi connectivity index (χ0n) is 11.1. The molecule has 0 saturated heterocycles. The van der Waals surface area contributed by atoms with Gasteiger partial charge < -0.3 is 14.5 Å². The fourth-order valence-electron chi connectivity index (χ4n) is 2.64. The van der Waals surface area contributed by atoms with Crippen molar-refractivity contribution in [2.24, 2.45) is 0 Å². The number of hydrogen-bond donors (Lipinski definition) is 1. The number of rotatable bonds is 2. The number of phenolic OH excluding ortho intramolecular Hbond substituents is 1. The smallest absolute Gasteiger partial charge is 0.265 e. The highest BCUT2D eigenvalue weighted by atomic mass is 16.5. The van der Waals surface area contributed by atoms with Gasteiger partial charge in [0.2, 0.25) is 5.89 Å². The van der Waals surface area contributed by atoms with E-state index in [1.807, 2.05) is 31.1 Å². The van der Waals surface area contributed by atoms with Crippen molar-refractivity contribution in [3.8, 4) is 5.75 Å². The summed E-state index contributed by atoms with van der Waals surface area (Å²) in [5, 5.41) is 13.9. The van der Waals surface area contributed by atoms with E-state index in [-0.39, 0.29) is 5.92 Å². The van der Waals surface area contributed by atoms with Crippen molar-refractivity contribution in [3.05, 3.63) is 35.2 Å². The molecule has 1 atom stereocenters. The molecule has 5 heteroatoms. The van der Waals surface area contributed by atoms with Gasteiger partial charge in [-0.05, 0) is 41.6 Å². The summed E-state index contributed by atoms with van der Waals surface area (Å²) in [4.78, 5) is 6.25. The molecule has 1 unspecified atom stereocenters. The number of nitrogens with zero attached hydrogens (tertiary/aromatic N) is 3. The summed E-state index contributed by atoms with van der Waals surface area (Å²) in [5.41, 5.74) is 2.13. The van der Waals surface area contributed by atoms with Crippen LogP contribution in [0.3, 0.4) is 0 Å². The number of phenols is 1. The summed E-state index contributed by atoms with van der Waals surface area (Å²) >= 11 is 0. The van der Waals surface area contributed by atoms with E-state index in [0.29, 0.717) is 17.6 Å². The van der Waals surface area contributed by atoms with Crippen LogP contribution in [0.4, 0.5) is 5.95 Å². The first-order valence-corrected chi connectivity index (χ1v) is 6.48. The molecule has 0 spiro atoms. The Morgan fingerprint density at radius 2 is 2.21 bits per heavy atom. The minimum Gasteiger partial charge on any atom is -0.508 e. The van der Waals surface area contributed by atoms with Gasteiger partial charge in [-0.1, -0.05) is 12.1 Å². The summed E-state index contributed by atoms with van der Waals surface area (Å²) in [5.74, 6) is 1.68. The van der Waals surface area contributed by atoms with Crippen molar-refractivity contribution >= 4 is 5.95 Å². The van der Waals surface area contributed by atoms with Gasteiger partial charge in [-0.2, -0.15) is 4.98 Å². The predicted molar refractivity (Wildman–Crippen MR) is 71.5 cm³/mol. The average Bonchev–Trinajstić information content (AvgIpc) is 2.88. The van der Waals surface area contributed by atoms with Gasteiger partial charge >= 0.3 is 0 Å². The van der Waals surface area contributed by atoms with E-state index in [1.54, 1.807) is 6.07 Å². The Bertz CT molecular complexity index is 592. The van der Waals surface area contributed by atoms with Crippen LogP contribution in [0.5, 0.6) is 5.75 Å². The first-order valence-electron chi connectivity index (χ1n) is 6.48. The zero-order valence-corrected chi connectivity index (χ0v) is 11.1. The van der Waals surface area contributed by atoms with Gasteiger partial charge in [0.15, 0.2) is 0 Å². The molecule has 1 N–H and O–H groups in total. The Kier molecular flexibility index (Phi) is 2.89. The lowest BCUT2D eigenvalue weighted by molar-refractivity contribution is 0.352. The molecular formula is C14H17N3O2. The third-order valence-corrected chi connectivity index (χ3v) is 3.61. The molecule has 1 aliphatic carbocycles. The SMILES string of the molecule is CN(C)c1noc(C2CCCc3c(O)cccc32)n1. The Morgan fingerprint density at radius 3 is 2.95 bits per heavy atom. The topological polar surface area (TPSA) is 62.4 Å². The minimum absolute atomic E-state index is 0.0945. The molecule has 5 nitrogen and oxygen atoms in total. The summed E-state index contributed by atoms with van der Waals surface area (Å²) in [7, 11) is 3.77. The average molecular weight is 259 g/mol. The number of anilines is 1. The second-order valence-corrected chi connectivity index (χ2v) is 5.12. The third kappa shape index (κ3) is 2.05. The lowest BCUT2D eigenvalue weighted by Gasteiger charge is -2.23. The van der Waals surface area contributed by atoms with Gasteiger partial charge in [-0.25, -0.2) is 0 Å². The van der Waals surface area contributed by atoms with Crippen molar-refractivity contribution < 1.29 is 9.63 Å². The summed E-state index contributed by atoms with van der Waals surface area (Å²) < 4.78 is 5.38. The van der Waals surface area contributed by atoms with Crippen LogP contribution in [0.2, 0.25) is 0 Å². The molecule has 2 aromatic rings. The van der Waals surface area contributed by atoms with Crippen LogP contribution < -0.4 is 4.90 Å². The highest BCUT2D eigenvalue weighted by molar-refractivity contribution is 5.44. The molecule has 1 heterocycles. The maximum Gasteiger partial charge on any atom is 0.265 e. The highest BCUT2D eigenvalue weighted by Crippen LogP contribution is 2.39. The van der Waals surface area contributed by atoms with Crippen LogP contribution >= 0.6 is 0 Å². The van der Waals surface area contributed by atoms with Gasteiger partial charge in [0.1, 0.15) is 5.75 Å². The molecule has 100 valence electrons. The number of hydrogen-bond acceptors (Lipinski definition) is 5. The summed E-state index contributed by atoms with van der Waals surface area (Å²) in [6, 6.07) is 5.65. The first-order chi connectivity index (χ1) is 9.16. The molecule has 0 bridgehead atoms. The predicted octanol–water partition coefficient (Wildman–Crippen LogP) is 2.31. The fraction of sp³-hybridized carbons (Fsp3) is 0.429. The number of aromatic hydroxyl groups is 1. The van der Waals surface area contributed by atoms with Crippen molar-refractivity contribution in [2.45, 2.75) is 25.2 Å². The highest BCUT2D eigenvalue weighted by Gasteiger charge is 2.28. The second kappa shape index (κ2) is 4.57. The molecule has 1 aromatic heterocycles. The lowest BCUT2D eigenvalue weighted by Crippen LogP contribution is -2.13. The largest absolute Gasteiger partial charge is 0.508 e. The molecule has 19 heavy (non-hydrogen) atoms. The summed E-state index contributed by atoms with van der Waals surface area (Å²) in [6.07, 6.45) is 2.91. The van der Waals surface area contributed by atoms with Crippen LogP contribution in [0, 0.1) is 0 Å². The normalized spacial score (nSPS) is 18.1. The maximum absolute atomic E-state index is 9.94. The Hall–Kier alpha value is -2.04. The molecule has 0 amide bonds. The molecule has 0 saturated carbocycles. The van der Waals surface area contributed by atoms with E-state index in [9.17, 15) is 5.11 Å². The van der Waals surface area contributed by atoms with Crippen molar-refractivity contribution in [3.63, 3.8) is 0 Å². The Morgan fingerprint density at radius 1 is 1.37 bits per heavy atom. The minimum atomic E-state index is 0.0945. The van der Waals surface area contributed by atoms with Crippen LogP contribution in [0.25, 0.3) is 0 Å². The maximum atomic E-state index is 9.94. The second-order valence-electron chi connectivity index (χ2n) is 5.12. The van der Waals surface area contributed by atoms with Gasteiger partial charge in [-0.15, -0.1) is 0 Å². The van der Waals surface area contributed by atoms with Gasteiger partial charge in [0.25, 0.3) is 5.95 Å². The van der Waals surface area contributed by atoms with E-state index in [4.69, 9.17) is 4.52 Å². The van der Waals surface area contributed by atoms with Crippen molar-refractivity contribution in [2.75, 3.05) is 19.0 Å². The monoisotopic (exact) mass is 259 g/mol. The molecule has 1 aliphatic rings. The van der Waals surface area contributed by atoms with Crippen LogP contribution in [0.15, 0.2) is 22.7 Å². The van der Waals surface area contributed by atoms with Gasteiger partial charge in [0, 0.05) is 14.1 Å². The van der Waals surface area contributed by atoms with Crippen LogP contribution in [-0.2, 0) is 6.42 Å². The van der Waals surface area contributed by atoms with Gasteiger partial charge in [-0.3, -0.25) is 0 Å². The zero-order chi connectivity index (χ0) is 13.4. The van der Waals surface area contributed by atoms with E-state index >= 15 is 0 Å². The molecular weight excluding hydrogens is 242 g/mol. The number of aromatic nitrogens is 2. The molecule has 1 aromatic carbocycles. The van der Waals surface area contributed by atoms with Crippen molar-refractivity contribution in [1.82, 2.24) is 10.1 Å². The number of benzene rings is 1. The van der Waals surface area contributed by atoms with Crippen LogP contribution in [-0.4, -0.2) is 29.3 Å². The van der Waals surface area contributed by atoms with Crippen molar-refractivity contribution in [1.29, 1.82) is 0 Å². The van der Waals surface area contributed by atoms with E-state index < -0.39 is 0 Å². The summed E-state index contributed by atoms with van der Waals surface area (Å²) in [6.45, 7) is 0. The quantitative estimate of drug-likeness (QED) is 0.896. The van der Waals surface area contributed by atoms with E-state index in [2.05, 4.69) is 10.1 Å². The van der Waals surface area contributed by atoms with E-state index in [0.717, 1.165) is 30.4 Å². The number of fused-ring (bicyclic) bond motifs is 1. The molecule has 0 fully saturated rings. The van der Waals surface area contributed by atoms with Crippen LogP contribution in [0.1, 0.15) is 35.8 Å². The fourth-order valence-corrected chi connectivity index (χ4v) is 2.64. The lowest BCUT2D eigenvalue weighted by atomic mass is 9.82. The Labute approximate surface area is 111 Å². The third-order valence-electron chi connectivity index (χ3n) is 3.61. The first kappa shape index (κ1) is 12.0. The molecule has 3 rings (SSSR count). The van der Waals surface area contributed by atoms with Gasteiger partial charge in [0.05, 0.1) is 5.92 Å². The molecule has 0 aliphatic heterocycles. The van der Waals surface area contributed by atoms with E-state index in [1.165, 1.54) is 0 Å².